The molecule has 0 aliphatic heterocycles. The average molecular weight is 375 g/mol. The van der Waals surface area contributed by atoms with Gasteiger partial charge in [0.05, 0.1) is 18.6 Å². The van der Waals surface area contributed by atoms with E-state index in [1.165, 1.54) is 44.9 Å². The molecule has 0 unspecified atom stereocenters. The minimum absolute atomic E-state index is 0.0926. The lowest BCUT2D eigenvalue weighted by Crippen LogP contribution is -2.35. The molecular formula is C21H42O5. The first-order valence-electron chi connectivity index (χ1n) is 10.6. The Morgan fingerprint density at radius 1 is 0.731 bits per heavy atom. The maximum absolute atomic E-state index is 11.7. The van der Waals surface area contributed by atoms with E-state index in [1.54, 1.807) is 0 Å². The van der Waals surface area contributed by atoms with Crippen molar-refractivity contribution in [2.75, 3.05) is 26.4 Å². The summed E-state index contributed by atoms with van der Waals surface area (Å²) in [5, 5.41) is 27.4. The Bertz CT molecular complexity index is 307. The van der Waals surface area contributed by atoms with Crippen LogP contribution in [0.1, 0.15) is 96.8 Å². The van der Waals surface area contributed by atoms with Gasteiger partial charge in [0.25, 0.3) is 0 Å². The number of hydrogen-bond acceptors (Lipinski definition) is 5. The summed E-state index contributed by atoms with van der Waals surface area (Å²) in [4.78, 5) is 11.7. The van der Waals surface area contributed by atoms with Crippen LogP contribution in [-0.2, 0) is 9.53 Å². The van der Waals surface area contributed by atoms with E-state index in [-0.39, 0.29) is 25.8 Å². The Morgan fingerprint density at radius 3 is 1.54 bits per heavy atom. The lowest BCUT2D eigenvalue weighted by Gasteiger charge is -2.27. The highest BCUT2D eigenvalue weighted by Crippen LogP contribution is 2.21. The first-order chi connectivity index (χ1) is 12.6. The molecule has 0 aliphatic carbocycles. The van der Waals surface area contributed by atoms with E-state index < -0.39 is 5.41 Å². The maximum atomic E-state index is 11.7. The zero-order valence-corrected chi connectivity index (χ0v) is 16.9. The van der Waals surface area contributed by atoms with Crippen molar-refractivity contribution in [1.82, 2.24) is 0 Å². The van der Waals surface area contributed by atoms with Crippen LogP contribution >= 0.6 is 0 Å². The van der Waals surface area contributed by atoms with Gasteiger partial charge in [-0.25, -0.2) is 0 Å². The van der Waals surface area contributed by atoms with Crippen molar-refractivity contribution in [2.24, 2.45) is 5.41 Å². The Morgan fingerprint density at radius 2 is 1.15 bits per heavy atom. The monoisotopic (exact) mass is 374 g/mol. The minimum Gasteiger partial charge on any atom is -0.465 e. The highest BCUT2D eigenvalue weighted by Gasteiger charge is 2.28. The predicted molar refractivity (Wildman–Crippen MR) is 105 cm³/mol. The number of unbranched alkanes of at least 4 members (excludes halogenated alkanes) is 11. The van der Waals surface area contributed by atoms with Crippen LogP contribution in [0.3, 0.4) is 0 Å². The molecule has 156 valence electrons. The predicted octanol–water partition coefficient (Wildman–Crippen LogP) is 3.97. The molecule has 3 N–H and O–H groups in total. The van der Waals surface area contributed by atoms with Crippen LogP contribution < -0.4 is 0 Å². The molecule has 0 aliphatic rings. The van der Waals surface area contributed by atoms with E-state index in [0.717, 1.165) is 32.1 Å². The third kappa shape index (κ3) is 13.5. The molecule has 0 bridgehead atoms. The van der Waals surface area contributed by atoms with Crippen LogP contribution in [0.5, 0.6) is 0 Å². The van der Waals surface area contributed by atoms with Crippen molar-refractivity contribution in [3.05, 3.63) is 0 Å². The minimum atomic E-state index is -0.700. The van der Waals surface area contributed by atoms with E-state index in [9.17, 15) is 15.0 Å². The first kappa shape index (κ1) is 25.4. The molecular weight excluding hydrogens is 332 g/mol. The number of rotatable bonds is 19. The normalized spacial score (nSPS) is 11.7. The summed E-state index contributed by atoms with van der Waals surface area (Å²) in [5.41, 5.74) is -0.700. The van der Waals surface area contributed by atoms with Crippen LogP contribution in [0, 0.1) is 5.41 Å². The quantitative estimate of drug-likeness (QED) is 0.235. The third-order valence-corrected chi connectivity index (χ3v) is 5.25. The molecule has 0 spiro atoms. The molecule has 0 radical (unpaired) electrons. The SMILES string of the molecule is CCC(CO)(CO)COC(=O)CCCCCCCCCCCCCCO. The average Bonchev–Trinajstić information content (AvgIpc) is 2.67. The maximum Gasteiger partial charge on any atom is 0.305 e. The number of aliphatic hydroxyl groups is 3. The molecule has 5 nitrogen and oxygen atoms in total. The summed E-state index contributed by atoms with van der Waals surface area (Å²) < 4.78 is 5.21. The largest absolute Gasteiger partial charge is 0.465 e. The highest BCUT2D eigenvalue weighted by atomic mass is 16.5. The van der Waals surface area contributed by atoms with Gasteiger partial charge in [-0.3, -0.25) is 4.79 Å². The van der Waals surface area contributed by atoms with Crippen molar-refractivity contribution >= 4 is 5.97 Å². The summed E-state index contributed by atoms with van der Waals surface area (Å²) in [6.07, 6.45) is 15.1. The van der Waals surface area contributed by atoms with Crippen molar-refractivity contribution < 1.29 is 24.9 Å². The van der Waals surface area contributed by atoms with E-state index >= 15 is 0 Å². The lowest BCUT2D eigenvalue weighted by molar-refractivity contribution is -0.149. The number of carbonyl (C=O) groups excluding carboxylic acids is 1. The summed E-state index contributed by atoms with van der Waals surface area (Å²) >= 11 is 0. The Labute approximate surface area is 160 Å². The topological polar surface area (TPSA) is 87.0 Å². The van der Waals surface area contributed by atoms with E-state index in [2.05, 4.69) is 0 Å². The van der Waals surface area contributed by atoms with Gasteiger partial charge in [0, 0.05) is 13.0 Å². The Kier molecular flexibility index (Phi) is 17.3. The molecule has 0 aromatic carbocycles. The van der Waals surface area contributed by atoms with Crippen molar-refractivity contribution in [3.63, 3.8) is 0 Å². The van der Waals surface area contributed by atoms with Gasteiger partial charge in [-0.05, 0) is 19.3 Å². The number of carbonyl (C=O) groups is 1. The summed E-state index contributed by atoms with van der Waals surface area (Å²) in [7, 11) is 0. The molecule has 0 aromatic heterocycles. The first-order valence-corrected chi connectivity index (χ1v) is 10.6. The standard InChI is InChI=1S/C21H42O5/c1-2-21(17-23,18-24)19-26-20(25)15-13-11-9-7-5-3-4-6-8-10-12-14-16-22/h22-24H,2-19H2,1H3. The smallest absolute Gasteiger partial charge is 0.305 e. The van der Waals surface area contributed by atoms with Gasteiger partial charge in [-0.1, -0.05) is 71.1 Å². The second-order valence-electron chi connectivity index (χ2n) is 7.55. The van der Waals surface area contributed by atoms with Crippen LogP contribution in [0.2, 0.25) is 0 Å². The van der Waals surface area contributed by atoms with Crippen LogP contribution in [-0.4, -0.2) is 47.7 Å². The zero-order chi connectivity index (χ0) is 19.5. The molecule has 0 fully saturated rings. The van der Waals surface area contributed by atoms with Gasteiger partial charge in [-0.15, -0.1) is 0 Å². The molecule has 0 amide bonds. The van der Waals surface area contributed by atoms with Crippen LogP contribution in [0.4, 0.5) is 0 Å². The number of aliphatic hydroxyl groups excluding tert-OH is 3. The summed E-state index contributed by atoms with van der Waals surface area (Å²) in [6, 6.07) is 0. The van der Waals surface area contributed by atoms with Crippen molar-refractivity contribution in [2.45, 2.75) is 96.8 Å². The van der Waals surface area contributed by atoms with Crippen LogP contribution in [0.15, 0.2) is 0 Å². The van der Waals surface area contributed by atoms with Gasteiger partial charge in [0.1, 0.15) is 6.61 Å². The number of hydrogen-bond donors (Lipinski definition) is 3. The van der Waals surface area contributed by atoms with E-state index in [0.29, 0.717) is 19.4 Å². The number of esters is 1. The fraction of sp³-hybridized carbons (Fsp3) is 0.952. The van der Waals surface area contributed by atoms with Gasteiger partial charge < -0.3 is 20.1 Å². The van der Waals surface area contributed by atoms with Crippen molar-refractivity contribution in [3.8, 4) is 0 Å². The molecule has 26 heavy (non-hydrogen) atoms. The lowest BCUT2D eigenvalue weighted by atomic mass is 9.88. The third-order valence-electron chi connectivity index (χ3n) is 5.25. The fourth-order valence-corrected chi connectivity index (χ4v) is 2.92. The van der Waals surface area contributed by atoms with Crippen molar-refractivity contribution in [1.29, 1.82) is 0 Å². The van der Waals surface area contributed by atoms with Gasteiger partial charge in [0.2, 0.25) is 0 Å². The second-order valence-corrected chi connectivity index (χ2v) is 7.55. The molecule has 0 atom stereocenters. The summed E-state index contributed by atoms with van der Waals surface area (Å²) in [6.45, 7) is 1.95. The highest BCUT2D eigenvalue weighted by molar-refractivity contribution is 5.69. The molecule has 5 heteroatoms. The van der Waals surface area contributed by atoms with E-state index in [1.807, 2.05) is 6.92 Å². The van der Waals surface area contributed by atoms with E-state index in [4.69, 9.17) is 9.84 Å². The van der Waals surface area contributed by atoms with Gasteiger partial charge in [0.15, 0.2) is 0 Å². The molecule has 0 saturated heterocycles. The fourth-order valence-electron chi connectivity index (χ4n) is 2.92. The molecule has 0 rings (SSSR count). The second kappa shape index (κ2) is 17.7. The number of ether oxygens (including phenoxy) is 1. The van der Waals surface area contributed by atoms with Gasteiger partial charge >= 0.3 is 5.97 Å². The molecule has 0 aromatic rings. The molecule has 0 saturated carbocycles. The van der Waals surface area contributed by atoms with Gasteiger partial charge in [-0.2, -0.15) is 0 Å². The zero-order valence-electron chi connectivity index (χ0n) is 16.9. The molecule has 0 heterocycles. The van der Waals surface area contributed by atoms with Crippen LogP contribution in [0.25, 0.3) is 0 Å². The Hall–Kier alpha value is -0.650. The summed E-state index contributed by atoms with van der Waals surface area (Å²) in [5.74, 6) is -0.231. The Balaban J connectivity index is 3.40.